The topological polar surface area (TPSA) is 40.2 Å². The van der Waals surface area contributed by atoms with E-state index in [1.165, 1.54) is 5.57 Å². The Morgan fingerprint density at radius 2 is 2.12 bits per heavy atom. The molecule has 4 heteroatoms. The highest BCUT2D eigenvalue weighted by atomic mass is 16.7. The monoisotopic (exact) mass is 346 g/mol. The highest BCUT2D eigenvalue weighted by molar-refractivity contribution is 5.46. The van der Waals surface area contributed by atoms with E-state index in [-0.39, 0.29) is 12.4 Å². The first kappa shape index (κ1) is 18.1. The first-order chi connectivity index (χ1) is 12.0. The van der Waals surface area contributed by atoms with Gasteiger partial charge in [0.15, 0.2) is 11.5 Å². The maximum atomic E-state index is 5.94. The van der Waals surface area contributed by atoms with Gasteiger partial charge < -0.3 is 18.9 Å². The van der Waals surface area contributed by atoms with Crippen molar-refractivity contribution in [3.8, 4) is 17.2 Å². The van der Waals surface area contributed by atoms with E-state index in [0.717, 1.165) is 42.9 Å². The summed E-state index contributed by atoms with van der Waals surface area (Å²) in [6.45, 7) is 9.84. The summed E-state index contributed by atoms with van der Waals surface area (Å²) in [6.07, 6.45) is 7.01. The normalized spacial score (nSPS) is 24.7. The Morgan fingerprint density at radius 1 is 1.32 bits per heavy atom. The summed E-state index contributed by atoms with van der Waals surface area (Å²) < 4.78 is 22.5. The molecule has 1 saturated heterocycles. The molecule has 0 aliphatic carbocycles. The van der Waals surface area contributed by atoms with E-state index in [1.54, 1.807) is 0 Å². The molecular formula is C21H30O4. The van der Waals surface area contributed by atoms with Crippen LogP contribution >= 0.6 is 0 Å². The number of fused-ring (bicyclic) bond motifs is 1. The Balaban J connectivity index is 1.44. The van der Waals surface area contributed by atoms with Crippen molar-refractivity contribution in [2.24, 2.45) is 5.92 Å². The number of ether oxygens (including phenoxy) is 4. The molecular weight excluding hydrogens is 316 g/mol. The smallest absolute Gasteiger partial charge is 0.231 e. The molecule has 1 fully saturated rings. The van der Waals surface area contributed by atoms with Crippen molar-refractivity contribution < 1.29 is 18.9 Å². The van der Waals surface area contributed by atoms with Crippen molar-refractivity contribution in [2.75, 3.05) is 13.4 Å². The lowest BCUT2D eigenvalue weighted by Crippen LogP contribution is -2.13. The van der Waals surface area contributed by atoms with Crippen molar-refractivity contribution in [1.29, 1.82) is 0 Å². The van der Waals surface area contributed by atoms with Crippen molar-refractivity contribution in [2.45, 2.75) is 65.1 Å². The predicted octanol–water partition coefficient (Wildman–Crippen LogP) is 5.11. The van der Waals surface area contributed by atoms with E-state index in [1.807, 2.05) is 18.2 Å². The molecule has 25 heavy (non-hydrogen) atoms. The Bertz CT molecular complexity index is 622. The summed E-state index contributed by atoms with van der Waals surface area (Å²) in [5.41, 5.74) is 1.54. The summed E-state index contributed by atoms with van der Waals surface area (Å²) in [5.74, 6) is 3.04. The molecule has 3 rings (SSSR count). The van der Waals surface area contributed by atoms with Crippen LogP contribution in [-0.2, 0) is 4.74 Å². The minimum absolute atomic E-state index is 0.107. The van der Waals surface area contributed by atoms with E-state index in [9.17, 15) is 0 Å². The van der Waals surface area contributed by atoms with Gasteiger partial charge in [-0.05, 0) is 56.7 Å². The van der Waals surface area contributed by atoms with Crippen molar-refractivity contribution in [1.82, 2.24) is 0 Å². The first-order valence-corrected chi connectivity index (χ1v) is 9.38. The van der Waals surface area contributed by atoms with E-state index < -0.39 is 0 Å². The average molecular weight is 346 g/mol. The summed E-state index contributed by atoms with van der Waals surface area (Å²) >= 11 is 0. The fourth-order valence-corrected chi connectivity index (χ4v) is 3.61. The first-order valence-electron chi connectivity index (χ1n) is 9.38. The molecule has 0 N–H and O–H groups in total. The van der Waals surface area contributed by atoms with Gasteiger partial charge in [-0.3, -0.25) is 0 Å². The minimum Gasteiger partial charge on any atom is -0.489 e. The third kappa shape index (κ3) is 4.69. The zero-order valence-electron chi connectivity index (χ0n) is 15.8. The maximum absolute atomic E-state index is 5.94. The van der Waals surface area contributed by atoms with Gasteiger partial charge in [0.05, 0.1) is 11.7 Å². The molecule has 0 amide bonds. The molecule has 0 spiro atoms. The lowest BCUT2D eigenvalue weighted by molar-refractivity contribution is 0.174. The predicted molar refractivity (Wildman–Crippen MR) is 98.4 cm³/mol. The Morgan fingerprint density at radius 3 is 2.88 bits per heavy atom. The second-order valence-electron chi connectivity index (χ2n) is 7.60. The van der Waals surface area contributed by atoms with E-state index in [4.69, 9.17) is 18.9 Å². The van der Waals surface area contributed by atoms with Crippen molar-refractivity contribution in [3.05, 3.63) is 29.8 Å². The molecule has 0 aromatic heterocycles. The largest absolute Gasteiger partial charge is 0.489 e. The zero-order valence-corrected chi connectivity index (χ0v) is 15.8. The van der Waals surface area contributed by atoms with Crippen LogP contribution in [0.15, 0.2) is 29.8 Å². The van der Waals surface area contributed by atoms with Gasteiger partial charge in [0.1, 0.15) is 12.4 Å². The lowest BCUT2D eigenvalue weighted by atomic mass is 9.92. The van der Waals surface area contributed by atoms with E-state index in [2.05, 4.69) is 33.8 Å². The number of allylic oxidation sites excluding steroid dienone is 1. The standard InChI is InChI=1S/C21H30O4/c1-5-16(6-9-20-21(4,25-20)13-15(2)3)10-11-22-17-7-8-18-19(12-17)24-14-23-18/h7-8,10,12,15,20H,5-6,9,11,13-14H2,1-4H3. The van der Waals surface area contributed by atoms with Crippen LogP contribution in [0.5, 0.6) is 17.2 Å². The highest BCUT2D eigenvalue weighted by Crippen LogP contribution is 2.44. The quantitative estimate of drug-likeness (QED) is 0.460. The molecule has 4 nitrogen and oxygen atoms in total. The molecule has 1 aromatic rings. The number of hydrogen-bond acceptors (Lipinski definition) is 4. The molecule has 2 unspecified atom stereocenters. The molecule has 138 valence electrons. The van der Waals surface area contributed by atoms with Crippen LogP contribution in [0, 0.1) is 5.92 Å². The fourth-order valence-electron chi connectivity index (χ4n) is 3.61. The second-order valence-corrected chi connectivity index (χ2v) is 7.60. The Kier molecular flexibility index (Phi) is 5.57. The van der Waals surface area contributed by atoms with Crippen molar-refractivity contribution in [3.63, 3.8) is 0 Å². The van der Waals surface area contributed by atoms with Gasteiger partial charge in [-0.25, -0.2) is 0 Å². The maximum Gasteiger partial charge on any atom is 0.231 e. The number of benzene rings is 1. The summed E-state index contributed by atoms with van der Waals surface area (Å²) in [7, 11) is 0. The Hall–Kier alpha value is -1.68. The van der Waals surface area contributed by atoms with Gasteiger partial charge >= 0.3 is 0 Å². The van der Waals surface area contributed by atoms with Gasteiger partial charge in [0.2, 0.25) is 6.79 Å². The van der Waals surface area contributed by atoms with Crippen LogP contribution in [0.4, 0.5) is 0 Å². The number of epoxide rings is 1. The Labute approximate surface area is 151 Å². The van der Waals surface area contributed by atoms with Gasteiger partial charge in [0.25, 0.3) is 0 Å². The molecule has 2 atom stereocenters. The van der Waals surface area contributed by atoms with Crippen LogP contribution in [0.25, 0.3) is 0 Å². The van der Waals surface area contributed by atoms with Crippen LogP contribution < -0.4 is 14.2 Å². The van der Waals surface area contributed by atoms with Crippen LogP contribution in [0.3, 0.4) is 0 Å². The molecule has 1 aromatic carbocycles. The summed E-state index contributed by atoms with van der Waals surface area (Å²) in [4.78, 5) is 0. The van der Waals surface area contributed by atoms with Gasteiger partial charge in [-0.2, -0.15) is 0 Å². The minimum atomic E-state index is 0.107. The number of rotatable bonds is 9. The SMILES string of the molecule is CCC(=CCOc1ccc2c(c1)OCO2)CCC1OC1(C)CC(C)C. The molecule has 0 bridgehead atoms. The van der Waals surface area contributed by atoms with E-state index >= 15 is 0 Å². The zero-order chi connectivity index (χ0) is 17.9. The molecule has 2 heterocycles. The summed E-state index contributed by atoms with van der Waals surface area (Å²) in [6, 6.07) is 5.70. The van der Waals surface area contributed by atoms with Crippen molar-refractivity contribution >= 4 is 0 Å². The molecule has 0 radical (unpaired) electrons. The number of hydrogen-bond donors (Lipinski definition) is 0. The van der Waals surface area contributed by atoms with Gasteiger partial charge in [0, 0.05) is 6.07 Å². The van der Waals surface area contributed by atoms with Crippen LogP contribution in [-0.4, -0.2) is 25.1 Å². The van der Waals surface area contributed by atoms with Crippen LogP contribution in [0.1, 0.15) is 53.4 Å². The van der Waals surface area contributed by atoms with Gasteiger partial charge in [-0.15, -0.1) is 0 Å². The van der Waals surface area contributed by atoms with Crippen LogP contribution in [0.2, 0.25) is 0 Å². The third-order valence-corrected chi connectivity index (χ3v) is 5.00. The lowest BCUT2D eigenvalue weighted by Gasteiger charge is -2.10. The third-order valence-electron chi connectivity index (χ3n) is 5.00. The molecule has 2 aliphatic heterocycles. The highest BCUT2D eigenvalue weighted by Gasteiger charge is 2.51. The fraction of sp³-hybridized carbons (Fsp3) is 0.619. The summed E-state index contributed by atoms with van der Waals surface area (Å²) in [5, 5.41) is 0. The van der Waals surface area contributed by atoms with Gasteiger partial charge in [-0.1, -0.05) is 26.3 Å². The molecule has 2 aliphatic rings. The van der Waals surface area contributed by atoms with E-state index in [0.29, 0.717) is 18.6 Å². The molecule has 0 saturated carbocycles. The average Bonchev–Trinajstić information content (AvgIpc) is 2.99. The second kappa shape index (κ2) is 7.69.